The minimum atomic E-state index is 0.0811. The number of ether oxygens (including phenoxy) is 1. The number of hydrogen-bond acceptors (Lipinski definition) is 2. The van der Waals surface area contributed by atoms with Crippen LogP contribution in [0.4, 0.5) is 0 Å². The summed E-state index contributed by atoms with van der Waals surface area (Å²) in [4.78, 5) is 0. The number of halogens is 1. The Labute approximate surface area is 119 Å². The Balaban J connectivity index is 2.11. The SMILES string of the molecule is CC(N)Cc1cc(Cl)ccc1OCc1ccccc1. The van der Waals surface area contributed by atoms with Gasteiger partial charge < -0.3 is 10.5 Å². The maximum absolute atomic E-state index is 6.02. The van der Waals surface area contributed by atoms with E-state index in [0.29, 0.717) is 11.6 Å². The lowest BCUT2D eigenvalue weighted by Crippen LogP contribution is -2.18. The average molecular weight is 276 g/mol. The molecule has 0 saturated heterocycles. The van der Waals surface area contributed by atoms with Gasteiger partial charge in [0.2, 0.25) is 0 Å². The first-order valence-electron chi connectivity index (χ1n) is 6.36. The van der Waals surface area contributed by atoms with E-state index in [9.17, 15) is 0 Å². The Bertz CT molecular complexity index is 526. The van der Waals surface area contributed by atoms with E-state index in [1.165, 1.54) is 0 Å². The molecule has 0 aliphatic rings. The zero-order valence-electron chi connectivity index (χ0n) is 11.0. The van der Waals surface area contributed by atoms with Gasteiger partial charge in [-0.25, -0.2) is 0 Å². The van der Waals surface area contributed by atoms with Crippen molar-refractivity contribution in [1.82, 2.24) is 0 Å². The molecule has 0 radical (unpaired) electrons. The fourth-order valence-corrected chi connectivity index (χ4v) is 2.13. The second-order valence-corrected chi connectivity index (χ2v) is 5.14. The first-order chi connectivity index (χ1) is 9.15. The molecule has 1 unspecified atom stereocenters. The Morgan fingerprint density at radius 1 is 1.16 bits per heavy atom. The lowest BCUT2D eigenvalue weighted by atomic mass is 10.1. The van der Waals surface area contributed by atoms with Gasteiger partial charge in [-0.05, 0) is 42.7 Å². The summed E-state index contributed by atoms with van der Waals surface area (Å²) < 4.78 is 5.86. The maximum Gasteiger partial charge on any atom is 0.123 e. The van der Waals surface area contributed by atoms with Gasteiger partial charge in [0.25, 0.3) is 0 Å². The summed E-state index contributed by atoms with van der Waals surface area (Å²) in [7, 11) is 0. The summed E-state index contributed by atoms with van der Waals surface area (Å²) in [5, 5.41) is 0.711. The molecular weight excluding hydrogens is 258 g/mol. The summed E-state index contributed by atoms with van der Waals surface area (Å²) in [5.41, 5.74) is 8.05. The molecule has 0 spiro atoms. The predicted molar refractivity (Wildman–Crippen MR) is 79.6 cm³/mol. The van der Waals surface area contributed by atoms with E-state index in [1.807, 2.05) is 55.5 Å². The average Bonchev–Trinajstić information content (AvgIpc) is 2.38. The molecule has 2 aromatic carbocycles. The number of nitrogens with two attached hydrogens (primary N) is 1. The minimum Gasteiger partial charge on any atom is -0.489 e. The largest absolute Gasteiger partial charge is 0.489 e. The molecule has 0 amide bonds. The third-order valence-electron chi connectivity index (χ3n) is 2.80. The zero-order valence-corrected chi connectivity index (χ0v) is 11.7. The van der Waals surface area contributed by atoms with Crippen LogP contribution in [-0.4, -0.2) is 6.04 Å². The monoisotopic (exact) mass is 275 g/mol. The third-order valence-corrected chi connectivity index (χ3v) is 3.04. The van der Waals surface area contributed by atoms with Gasteiger partial charge in [-0.1, -0.05) is 41.9 Å². The highest BCUT2D eigenvalue weighted by Crippen LogP contribution is 2.25. The van der Waals surface area contributed by atoms with Crippen molar-refractivity contribution in [3.63, 3.8) is 0 Å². The molecule has 2 N–H and O–H groups in total. The van der Waals surface area contributed by atoms with Gasteiger partial charge in [-0.3, -0.25) is 0 Å². The van der Waals surface area contributed by atoms with E-state index in [2.05, 4.69) is 0 Å². The molecule has 2 aromatic rings. The summed E-state index contributed by atoms with van der Waals surface area (Å²) in [6.07, 6.45) is 0.755. The molecule has 2 rings (SSSR count). The molecule has 0 bridgehead atoms. The van der Waals surface area contributed by atoms with Crippen molar-refractivity contribution < 1.29 is 4.74 Å². The molecule has 3 heteroatoms. The van der Waals surface area contributed by atoms with Crippen molar-refractivity contribution in [3.8, 4) is 5.75 Å². The first kappa shape index (κ1) is 13.9. The number of benzene rings is 2. The van der Waals surface area contributed by atoms with Gasteiger partial charge in [0.1, 0.15) is 12.4 Å². The molecule has 0 fully saturated rings. The van der Waals surface area contributed by atoms with Crippen LogP contribution < -0.4 is 10.5 Å². The van der Waals surface area contributed by atoms with E-state index < -0.39 is 0 Å². The Kier molecular flexibility index (Phi) is 4.83. The van der Waals surface area contributed by atoms with Crippen molar-refractivity contribution in [2.45, 2.75) is 26.0 Å². The standard InChI is InChI=1S/C16H18ClNO/c1-12(18)9-14-10-15(17)7-8-16(14)19-11-13-5-3-2-4-6-13/h2-8,10,12H,9,11,18H2,1H3. The smallest absolute Gasteiger partial charge is 0.123 e. The highest BCUT2D eigenvalue weighted by atomic mass is 35.5. The summed E-state index contributed by atoms with van der Waals surface area (Å²) in [6.45, 7) is 2.52. The molecule has 19 heavy (non-hydrogen) atoms. The molecule has 2 nitrogen and oxygen atoms in total. The van der Waals surface area contributed by atoms with Gasteiger partial charge in [0, 0.05) is 11.1 Å². The van der Waals surface area contributed by atoms with Crippen LogP contribution in [-0.2, 0) is 13.0 Å². The normalized spacial score (nSPS) is 12.2. The Morgan fingerprint density at radius 2 is 1.89 bits per heavy atom. The van der Waals surface area contributed by atoms with Crippen LogP contribution in [0.1, 0.15) is 18.1 Å². The molecule has 0 aliphatic carbocycles. The second-order valence-electron chi connectivity index (χ2n) is 4.71. The highest BCUT2D eigenvalue weighted by Gasteiger charge is 2.07. The van der Waals surface area contributed by atoms with Crippen LogP contribution >= 0.6 is 11.6 Å². The first-order valence-corrected chi connectivity index (χ1v) is 6.73. The van der Waals surface area contributed by atoms with Gasteiger partial charge in [-0.2, -0.15) is 0 Å². The fraction of sp³-hybridized carbons (Fsp3) is 0.250. The topological polar surface area (TPSA) is 35.2 Å². The van der Waals surface area contributed by atoms with Gasteiger partial charge in [-0.15, -0.1) is 0 Å². The lowest BCUT2D eigenvalue weighted by Gasteiger charge is -2.13. The van der Waals surface area contributed by atoms with Crippen molar-refractivity contribution in [2.75, 3.05) is 0 Å². The molecule has 0 aromatic heterocycles. The molecule has 0 saturated carbocycles. The van der Waals surface area contributed by atoms with E-state index in [0.717, 1.165) is 23.3 Å². The van der Waals surface area contributed by atoms with Gasteiger partial charge >= 0.3 is 0 Å². The number of hydrogen-bond donors (Lipinski definition) is 1. The van der Waals surface area contributed by atoms with Crippen LogP contribution in [0, 0.1) is 0 Å². The summed E-state index contributed by atoms with van der Waals surface area (Å²) in [6, 6.07) is 15.8. The quantitative estimate of drug-likeness (QED) is 0.901. The van der Waals surface area contributed by atoms with E-state index >= 15 is 0 Å². The highest BCUT2D eigenvalue weighted by molar-refractivity contribution is 6.30. The minimum absolute atomic E-state index is 0.0811. The van der Waals surface area contributed by atoms with Gasteiger partial charge in [0.15, 0.2) is 0 Å². The predicted octanol–water partition coefficient (Wildman–Crippen LogP) is 3.81. The summed E-state index contributed by atoms with van der Waals surface area (Å²) in [5.74, 6) is 0.852. The molecular formula is C16H18ClNO. The number of rotatable bonds is 5. The third kappa shape index (κ3) is 4.27. The van der Waals surface area contributed by atoms with Crippen molar-refractivity contribution in [3.05, 3.63) is 64.7 Å². The van der Waals surface area contributed by atoms with Crippen molar-refractivity contribution >= 4 is 11.6 Å². The fourth-order valence-electron chi connectivity index (χ4n) is 1.93. The van der Waals surface area contributed by atoms with Crippen LogP contribution in [0.3, 0.4) is 0 Å². The zero-order chi connectivity index (χ0) is 13.7. The summed E-state index contributed by atoms with van der Waals surface area (Å²) >= 11 is 6.02. The second kappa shape index (κ2) is 6.60. The van der Waals surface area contributed by atoms with Crippen molar-refractivity contribution in [1.29, 1.82) is 0 Å². The molecule has 0 aliphatic heterocycles. The van der Waals surface area contributed by atoms with E-state index in [-0.39, 0.29) is 6.04 Å². The maximum atomic E-state index is 6.02. The van der Waals surface area contributed by atoms with Gasteiger partial charge in [0.05, 0.1) is 0 Å². The molecule has 100 valence electrons. The molecule has 0 heterocycles. The van der Waals surface area contributed by atoms with Crippen LogP contribution in [0.5, 0.6) is 5.75 Å². The van der Waals surface area contributed by atoms with Crippen LogP contribution in [0.25, 0.3) is 0 Å². The van der Waals surface area contributed by atoms with Crippen LogP contribution in [0.2, 0.25) is 5.02 Å². The van der Waals surface area contributed by atoms with Crippen molar-refractivity contribution in [2.24, 2.45) is 5.73 Å². The Morgan fingerprint density at radius 3 is 2.58 bits per heavy atom. The Hall–Kier alpha value is -1.51. The van der Waals surface area contributed by atoms with E-state index in [4.69, 9.17) is 22.1 Å². The van der Waals surface area contributed by atoms with E-state index in [1.54, 1.807) is 0 Å². The van der Waals surface area contributed by atoms with Crippen LogP contribution in [0.15, 0.2) is 48.5 Å². The lowest BCUT2D eigenvalue weighted by molar-refractivity contribution is 0.302. The molecule has 1 atom stereocenters.